The van der Waals surface area contributed by atoms with Gasteiger partial charge in [0.15, 0.2) is 0 Å². The van der Waals surface area contributed by atoms with Gasteiger partial charge in [0.2, 0.25) is 0 Å². The summed E-state index contributed by atoms with van der Waals surface area (Å²) in [6.45, 7) is 5.54. The van der Waals surface area contributed by atoms with Crippen LogP contribution in [0, 0.1) is 5.92 Å². The van der Waals surface area contributed by atoms with E-state index in [4.69, 9.17) is 5.73 Å². The maximum atomic E-state index is 6.00. The molecule has 0 aromatic rings. The summed E-state index contributed by atoms with van der Waals surface area (Å²) < 4.78 is 0. The van der Waals surface area contributed by atoms with Gasteiger partial charge in [-0.1, -0.05) is 13.8 Å². The summed E-state index contributed by atoms with van der Waals surface area (Å²) in [5, 5.41) is 0. The Bertz CT molecular complexity index is 130. The van der Waals surface area contributed by atoms with E-state index in [0.717, 1.165) is 24.9 Å². The third kappa shape index (κ3) is 3.55. The molecule has 2 heteroatoms. The fourth-order valence-electron chi connectivity index (χ4n) is 1.71. The Morgan fingerprint density at radius 3 is 2.42 bits per heavy atom. The minimum absolute atomic E-state index is 0.371. The van der Waals surface area contributed by atoms with Crippen molar-refractivity contribution in [3.05, 3.63) is 0 Å². The van der Waals surface area contributed by atoms with Gasteiger partial charge in [0.25, 0.3) is 0 Å². The van der Waals surface area contributed by atoms with Crippen LogP contribution in [0.3, 0.4) is 0 Å². The second kappa shape index (κ2) is 4.24. The highest BCUT2D eigenvalue weighted by Crippen LogP contribution is 2.25. The van der Waals surface area contributed by atoms with Crippen LogP contribution in [0.25, 0.3) is 0 Å². The van der Waals surface area contributed by atoms with Gasteiger partial charge in [-0.25, -0.2) is 0 Å². The molecule has 1 saturated carbocycles. The molecule has 0 amide bonds. The molecule has 1 atom stereocenters. The monoisotopic (exact) mass is 170 g/mol. The van der Waals surface area contributed by atoms with Gasteiger partial charge in [-0.2, -0.15) is 0 Å². The second-order valence-electron chi connectivity index (χ2n) is 4.56. The number of rotatable bonds is 5. The van der Waals surface area contributed by atoms with Crippen molar-refractivity contribution in [3.8, 4) is 0 Å². The first-order valence-electron chi connectivity index (χ1n) is 5.05. The lowest BCUT2D eigenvalue weighted by Gasteiger charge is -2.21. The summed E-state index contributed by atoms with van der Waals surface area (Å²) in [7, 11) is 2.19. The largest absolute Gasteiger partial charge is 0.327 e. The van der Waals surface area contributed by atoms with Crippen LogP contribution in [-0.4, -0.2) is 30.6 Å². The molecule has 1 aliphatic rings. The van der Waals surface area contributed by atoms with Crippen molar-refractivity contribution in [2.45, 2.75) is 45.2 Å². The zero-order valence-corrected chi connectivity index (χ0v) is 8.59. The first-order valence-corrected chi connectivity index (χ1v) is 5.05. The van der Waals surface area contributed by atoms with E-state index in [2.05, 4.69) is 25.8 Å². The van der Waals surface area contributed by atoms with Crippen LogP contribution in [0.4, 0.5) is 0 Å². The van der Waals surface area contributed by atoms with Crippen LogP contribution >= 0.6 is 0 Å². The van der Waals surface area contributed by atoms with E-state index in [1.54, 1.807) is 0 Å². The molecular weight excluding hydrogens is 148 g/mol. The molecule has 0 saturated heterocycles. The number of hydrogen-bond acceptors (Lipinski definition) is 2. The molecule has 0 aliphatic heterocycles. The van der Waals surface area contributed by atoms with Gasteiger partial charge in [0.05, 0.1) is 0 Å². The van der Waals surface area contributed by atoms with E-state index in [9.17, 15) is 0 Å². The van der Waals surface area contributed by atoms with Gasteiger partial charge in [-0.3, -0.25) is 0 Å². The fourth-order valence-corrected chi connectivity index (χ4v) is 1.71. The van der Waals surface area contributed by atoms with Gasteiger partial charge in [0.1, 0.15) is 0 Å². The molecule has 0 aromatic heterocycles. The molecule has 2 N–H and O–H groups in total. The molecule has 0 radical (unpaired) electrons. The van der Waals surface area contributed by atoms with Crippen LogP contribution in [0.2, 0.25) is 0 Å². The molecule has 0 bridgehead atoms. The number of nitrogens with two attached hydrogens (primary N) is 1. The van der Waals surface area contributed by atoms with E-state index < -0.39 is 0 Å². The Morgan fingerprint density at radius 1 is 1.42 bits per heavy atom. The highest BCUT2D eigenvalue weighted by Gasteiger charge is 2.26. The van der Waals surface area contributed by atoms with E-state index in [1.165, 1.54) is 12.8 Å². The van der Waals surface area contributed by atoms with E-state index in [1.807, 2.05) is 0 Å². The molecule has 12 heavy (non-hydrogen) atoms. The zero-order chi connectivity index (χ0) is 9.14. The molecule has 0 heterocycles. The predicted molar refractivity (Wildman–Crippen MR) is 53.1 cm³/mol. The lowest BCUT2D eigenvalue weighted by molar-refractivity contribution is 0.285. The highest BCUT2D eigenvalue weighted by atomic mass is 15.2. The minimum atomic E-state index is 0.371. The molecule has 1 fully saturated rings. The van der Waals surface area contributed by atoms with E-state index >= 15 is 0 Å². The highest BCUT2D eigenvalue weighted by molar-refractivity contribution is 4.84. The average molecular weight is 170 g/mol. The van der Waals surface area contributed by atoms with Crippen molar-refractivity contribution in [1.29, 1.82) is 0 Å². The van der Waals surface area contributed by atoms with Crippen molar-refractivity contribution in [3.63, 3.8) is 0 Å². The first-order chi connectivity index (χ1) is 5.59. The summed E-state index contributed by atoms with van der Waals surface area (Å²) in [5.41, 5.74) is 6.00. The summed E-state index contributed by atoms with van der Waals surface area (Å²) >= 11 is 0. The Kier molecular flexibility index (Phi) is 3.53. The summed E-state index contributed by atoms with van der Waals surface area (Å²) in [5.74, 6) is 0.729. The van der Waals surface area contributed by atoms with Gasteiger partial charge < -0.3 is 10.6 Å². The van der Waals surface area contributed by atoms with E-state index in [0.29, 0.717) is 6.04 Å². The maximum absolute atomic E-state index is 6.00. The van der Waals surface area contributed by atoms with Crippen molar-refractivity contribution in [2.24, 2.45) is 11.7 Å². The fraction of sp³-hybridized carbons (Fsp3) is 1.00. The zero-order valence-electron chi connectivity index (χ0n) is 8.59. The third-order valence-electron chi connectivity index (χ3n) is 2.47. The lowest BCUT2D eigenvalue weighted by Crippen LogP contribution is -2.37. The SMILES string of the molecule is CC(C)CC(N)CN(C)C1CC1. The van der Waals surface area contributed by atoms with Crippen molar-refractivity contribution in [2.75, 3.05) is 13.6 Å². The van der Waals surface area contributed by atoms with Crippen molar-refractivity contribution < 1.29 is 0 Å². The maximum Gasteiger partial charge on any atom is 0.0170 e. The number of likely N-dealkylation sites (N-methyl/N-ethyl adjacent to an activating group) is 1. The Labute approximate surface area is 76.1 Å². The van der Waals surface area contributed by atoms with Crippen LogP contribution in [-0.2, 0) is 0 Å². The smallest absolute Gasteiger partial charge is 0.0170 e. The molecule has 1 rings (SSSR count). The normalized spacial score (nSPS) is 20.5. The molecule has 0 spiro atoms. The Morgan fingerprint density at radius 2 is 2.00 bits per heavy atom. The molecule has 0 aromatic carbocycles. The quantitative estimate of drug-likeness (QED) is 0.676. The first kappa shape index (κ1) is 10.0. The van der Waals surface area contributed by atoms with Crippen LogP contribution in [0.15, 0.2) is 0 Å². The minimum Gasteiger partial charge on any atom is -0.327 e. The molecule has 1 aliphatic carbocycles. The average Bonchev–Trinajstić information content (AvgIpc) is 2.63. The van der Waals surface area contributed by atoms with Crippen molar-refractivity contribution >= 4 is 0 Å². The summed E-state index contributed by atoms with van der Waals surface area (Å²) in [4.78, 5) is 2.41. The van der Waals surface area contributed by atoms with E-state index in [-0.39, 0.29) is 0 Å². The van der Waals surface area contributed by atoms with Crippen molar-refractivity contribution in [1.82, 2.24) is 4.90 Å². The molecule has 2 nitrogen and oxygen atoms in total. The van der Waals surface area contributed by atoms with Crippen LogP contribution in [0.1, 0.15) is 33.1 Å². The number of hydrogen-bond donors (Lipinski definition) is 1. The second-order valence-corrected chi connectivity index (χ2v) is 4.56. The van der Waals surface area contributed by atoms with Crippen LogP contribution in [0.5, 0.6) is 0 Å². The van der Waals surface area contributed by atoms with Gasteiger partial charge in [-0.15, -0.1) is 0 Å². The molecule has 72 valence electrons. The summed E-state index contributed by atoms with van der Waals surface area (Å²) in [6, 6.07) is 1.22. The Hall–Kier alpha value is -0.0800. The standard InChI is InChI=1S/C10H22N2/c1-8(2)6-9(11)7-12(3)10-4-5-10/h8-10H,4-7,11H2,1-3H3. The number of nitrogens with zero attached hydrogens (tertiary/aromatic N) is 1. The van der Waals surface area contributed by atoms with Gasteiger partial charge in [0, 0.05) is 18.6 Å². The molecule has 1 unspecified atom stereocenters. The lowest BCUT2D eigenvalue weighted by atomic mass is 10.0. The van der Waals surface area contributed by atoms with Gasteiger partial charge >= 0.3 is 0 Å². The molecular formula is C10H22N2. The van der Waals surface area contributed by atoms with Gasteiger partial charge in [-0.05, 0) is 32.2 Å². The van der Waals surface area contributed by atoms with Crippen LogP contribution < -0.4 is 5.73 Å². The third-order valence-corrected chi connectivity index (χ3v) is 2.47. The Balaban J connectivity index is 2.11. The predicted octanol–water partition coefficient (Wildman–Crippen LogP) is 1.45. The topological polar surface area (TPSA) is 29.3 Å². The summed E-state index contributed by atoms with van der Waals surface area (Å²) in [6.07, 6.45) is 3.91.